The molecule has 3 nitrogen and oxygen atoms in total. The summed E-state index contributed by atoms with van der Waals surface area (Å²) >= 11 is 0. The van der Waals surface area contributed by atoms with E-state index >= 15 is 0 Å². The molecule has 0 radical (unpaired) electrons. The van der Waals surface area contributed by atoms with Crippen LogP contribution in [0.2, 0.25) is 0 Å². The van der Waals surface area contributed by atoms with E-state index in [-0.39, 0.29) is 5.41 Å². The molecule has 1 aromatic carbocycles. The first-order valence-electron chi connectivity index (χ1n) is 7.61. The van der Waals surface area contributed by atoms with Gasteiger partial charge in [0.25, 0.3) is 0 Å². The van der Waals surface area contributed by atoms with Gasteiger partial charge in [-0.05, 0) is 52.8 Å². The highest BCUT2D eigenvalue weighted by Crippen LogP contribution is 2.40. The molecular weight excluding hydrogens is 248 g/mol. The van der Waals surface area contributed by atoms with Gasteiger partial charge in [0.2, 0.25) is 0 Å². The lowest BCUT2D eigenvalue weighted by Crippen LogP contribution is -2.48. The van der Waals surface area contributed by atoms with Crippen LogP contribution in [0.4, 0.5) is 0 Å². The van der Waals surface area contributed by atoms with Crippen molar-refractivity contribution in [2.24, 2.45) is 5.73 Å². The van der Waals surface area contributed by atoms with Gasteiger partial charge in [-0.25, -0.2) is 0 Å². The van der Waals surface area contributed by atoms with Crippen LogP contribution in [0.25, 0.3) is 0 Å². The number of rotatable bonds is 4. The number of benzene rings is 1. The van der Waals surface area contributed by atoms with Crippen molar-refractivity contribution in [3.05, 3.63) is 29.3 Å². The molecular formula is C17H28N2O. The summed E-state index contributed by atoms with van der Waals surface area (Å²) in [7, 11) is 1.75. The Morgan fingerprint density at radius 1 is 1.30 bits per heavy atom. The van der Waals surface area contributed by atoms with E-state index < -0.39 is 0 Å². The van der Waals surface area contributed by atoms with Gasteiger partial charge in [-0.1, -0.05) is 17.7 Å². The number of hydrogen-bond donors (Lipinski definition) is 1. The van der Waals surface area contributed by atoms with E-state index in [1.807, 2.05) is 0 Å². The maximum Gasteiger partial charge on any atom is 0.122 e. The molecule has 1 aliphatic heterocycles. The summed E-state index contributed by atoms with van der Waals surface area (Å²) in [5.41, 5.74) is 8.84. The van der Waals surface area contributed by atoms with Gasteiger partial charge < -0.3 is 15.4 Å². The van der Waals surface area contributed by atoms with Gasteiger partial charge in [0.05, 0.1) is 7.11 Å². The van der Waals surface area contributed by atoms with Crippen LogP contribution in [0.15, 0.2) is 18.2 Å². The Labute approximate surface area is 123 Å². The van der Waals surface area contributed by atoms with Gasteiger partial charge in [-0.15, -0.1) is 0 Å². The number of methoxy groups -OCH3 is 1. The molecule has 1 saturated heterocycles. The van der Waals surface area contributed by atoms with Crippen molar-refractivity contribution in [3.8, 4) is 5.75 Å². The zero-order chi connectivity index (χ0) is 14.8. The Kier molecular flexibility index (Phi) is 4.71. The molecule has 1 aliphatic rings. The maximum absolute atomic E-state index is 6.19. The Bertz CT molecular complexity index is 448. The lowest BCUT2D eigenvalue weighted by Gasteiger charge is -2.43. The van der Waals surface area contributed by atoms with Crippen LogP contribution in [-0.2, 0) is 5.41 Å². The molecule has 0 aliphatic carbocycles. The summed E-state index contributed by atoms with van der Waals surface area (Å²) in [6, 6.07) is 7.06. The molecule has 3 heteroatoms. The molecule has 0 amide bonds. The van der Waals surface area contributed by atoms with Gasteiger partial charge in [0.1, 0.15) is 5.75 Å². The van der Waals surface area contributed by atoms with Crippen molar-refractivity contribution in [3.63, 3.8) is 0 Å². The molecule has 1 aromatic rings. The Hall–Kier alpha value is -1.06. The molecule has 0 aromatic heterocycles. The highest BCUT2D eigenvalue weighted by atomic mass is 16.5. The number of piperidine rings is 1. The van der Waals surface area contributed by atoms with Crippen LogP contribution in [0.5, 0.6) is 5.75 Å². The van der Waals surface area contributed by atoms with Crippen LogP contribution < -0.4 is 10.5 Å². The van der Waals surface area contributed by atoms with Crippen molar-refractivity contribution in [1.29, 1.82) is 0 Å². The second-order valence-corrected chi connectivity index (χ2v) is 6.32. The van der Waals surface area contributed by atoms with Gasteiger partial charge in [-0.3, -0.25) is 0 Å². The second kappa shape index (κ2) is 6.15. The van der Waals surface area contributed by atoms with Gasteiger partial charge in [0.15, 0.2) is 0 Å². The van der Waals surface area contributed by atoms with Gasteiger partial charge in [-0.2, -0.15) is 0 Å². The Morgan fingerprint density at radius 3 is 2.45 bits per heavy atom. The fourth-order valence-corrected chi connectivity index (χ4v) is 3.29. The van der Waals surface area contributed by atoms with E-state index in [0.29, 0.717) is 12.6 Å². The first-order valence-corrected chi connectivity index (χ1v) is 7.61. The largest absolute Gasteiger partial charge is 0.496 e. The SMILES string of the molecule is COc1ccc(C)cc1C1(CN)CCN(C(C)C)CC1. The third-order valence-electron chi connectivity index (χ3n) is 4.80. The predicted octanol–water partition coefficient (Wildman–Crippen LogP) is 2.70. The van der Waals surface area contributed by atoms with Crippen LogP contribution in [0.1, 0.15) is 37.8 Å². The summed E-state index contributed by atoms with van der Waals surface area (Å²) in [5.74, 6) is 0.985. The normalized spacial score (nSPS) is 19.3. The van der Waals surface area contributed by atoms with E-state index in [1.54, 1.807) is 7.11 Å². The number of hydrogen-bond acceptors (Lipinski definition) is 3. The fourth-order valence-electron chi connectivity index (χ4n) is 3.29. The third kappa shape index (κ3) is 2.84. The number of aryl methyl sites for hydroxylation is 1. The smallest absolute Gasteiger partial charge is 0.122 e. The Balaban J connectivity index is 2.31. The molecule has 112 valence electrons. The molecule has 1 fully saturated rings. The van der Waals surface area contributed by atoms with E-state index in [4.69, 9.17) is 10.5 Å². The number of ether oxygens (including phenoxy) is 1. The van der Waals surface area contributed by atoms with E-state index in [1.165, 1.54) is 11.1 Å². The van der Waals surface area contributed by atoms with Crippen LogP contribution >= 0.6 is 0 Å². The number of nitrogens with two attached hydrogens (primary N) is 1. The minimum Gasteiger partial charge on any atom is -0.496 e. The topological polar surface area (TPSA) is 38.5 Å². The molecule has 1 heterocycles. The van der Waals surface area contributed by atoms with E-state index in [2.05, 4.69) is 43.9 Å². The quantitative estimate of drug-likeness (QED) is 0.919. The first-order chi connectivity index (χ1) is 9.52. The van der Waals surface area contributed by atoms with Crippen molar-refractivity contribution in [2.75, 3.05) is 26.7 Å². The van der Waals surface area contributed by atoms with Crippen molar-refractivity contribution in [1.82, 2.24) is 4.90 Å². The van der Waals surface area contributed by atoms with Crippen molar-refractivity contribution in [2.45, 2.75) is 45.1 Å². The standard InChI is InChI=1S/C17H28N2O/c1-13(2)19-9-7-17(12-18,8-10-19)15-11-14(3)5-6-16(15)20-4/h5-6,11,13H,7-10,12,18H2,1-4H3. The van der Waals surface area contributed by atoms with Crippen LogP contribution in [0.3, 0.4) is 0 Å². The first kappa shape index (κ1) is 15.3. The van der Waals surface area contributed by atoms with Crippen LogP contribution in [-0.4, -0.2) is 37.7 Å². The monoisotopic (exact) mass is 276 g/mol. The average molecular weight is 276 g/mol. The maximum atomic E-state index is 6.19. The van der Waals surface area contributed by atoms with E-state index in [9.17, 15) is 0 Å². The molecule has 0 saturated carbocycles. The predicted molar refractivity (Wildman–Crippen MR) is 84.4 cm³/mol. The lowest BCUT2D eigenvalue weighted by molar-refractivity contribution is 0.130. The number of likely N-dealkylation sites (tertiary alicyclic amines) is 1. The highest BCUT2D eigenvalue weighted by molar-refractivity contribution is 5.43. The minimum absolute atomic E-state index is 0.0722. The van der Waals surface area contributed by atoms with Gasteiger partial charge in [0, 0.05) is 23.6 Å². The molecule has 0 atom stereocenters. The molecule has 20 heavy (non-hydrogen) atoms. The summed E-state index contributed by atoms with van der Waals surface area (Å²) in [6.07, 6.45) is 2.23. The summed E-state index contributed by atoms with van der Waals surface area (Å²) < 4.78 is 5.59. The minimum atomic E-state index is 0.0722. The highest BCUT2D eigenvalue weighted by Gasteiger charge is 2.37. The average Bonchev–Trinajstić information content (AvgIpc) is 2.47. The molecule has 0 spiro atoms. The molecule has 2 N–H and O–H groups in total. The summed E-state index contributed by atoms with van der Waals surface area (Å²) in [4.78, 5) is 2.54. The van der Waals surface area contributed by atoms with Crippen molar-refractivity contribution >= 4 is 0 Å². The Morgan fingerprint density at radius 2 is 1.95 bits per heavy atom. The zero-order valence-corrected chi connectivity index (χ0v) is 13.3. The van der Waals surface area contributed by atoms with Crippen molar-refractivity contribution < 1.29 is 4.74 Å². The number of nitrogens with zero attached hydrogens (tertiary/aromatic N) is 1. The zero-order valence-electron chi connectivity index (χ0n) is 13.3. The molecule has 0 bridgehead atoms. The molecule has 2 rings (SSSR count). The fraction of sp³-hybridized carbons (Fsp3) is 0.647. The molecule has 0 unspecified atom stereocenters. The summed E-state index contributed by atoms with van der Waals surface area (Å²) in [5, 5.41) is 0. The third-order valence-corrected chi connectivity index (χ3v) is 4.80. The second-order valence-electron chi connectivity index (χ2n) is 6.32. The summed E-state index contributed by atoms with van der Waals surface area (Å²) in [6.45, 7) is 9.60. The lowest BCUT2D eigenvalue weighted by atomic mass is 9.72. The van der Waals surface area contributed by atoms with Crippen LogP contribution in [0, 0.1) is 6.92 Å². The van der Waals surface area contributed by atoms with Gasteiger partial charge >= 0.3 is 0 Å². The van der Waals surface area contributed by atoms with E-state index in [0.717, 1.165) is 31.7 Å².